The number of aliphatic hydroxyl groups excluding tert-OH is 1. The molecule has 36 heavy (non-hydrogen) atoms. The van der Waals surface area contributed by atoms with Crippen molar-refractivity contribution in [3.05, 3.63) is 83.4 Å². The Morgan fingerprint density at radius 1 is 0.833 bits per heavy atom. The van der Waals surface area contributed by atoms with E-state index < -0.39 is 17.7 Å². The number of hydrogen-bond donors (Lipinski definition) is 1. The standard InChI is InChI=1S/C28H27N3O5/c1-29(2)19-8-5-17(6-9-19)25-24(26(32)18-7-14-22-23(15-18)36-16-35-22)27(33)28(34)31(25)21-12-10-20(11-13-21)30(3)4/h5-15,25,32H,16H2,1-4H3/b26-24-. The molecule has 2 heterocycles. The van der Waals surface area contributed by atoms with E-state index in [2.05, 4.69) is 0 Å². The second-order valence-electron chi connectivity index (χ2n) is 9.13. The number of anilines is 3. The Hall–Kier alpha value is -4.46. The molecule has 8 nitrogen and oxygen atoms in total. The molecule has 0 aromatic heterocycles. The first kappa shape index (κ1) is 23.3. The molecular formula is C28H27N3O5. The molecule has 1 fully saturated rings. The second kappa shape index (κ2) is 8.96. The Labute approximate surface area is 209 Å². The van der Waals surface area contributed by atoms with Crippen molar-refractivity contribution in [3.8, 4) is 11.5 Å². The summed E-state index contributed by atoms with van der Waals surface area (Å²) in [5.41, 5.74) is 3.60. The van der Waals surface area contributed by atoms with Crippen LogP contribution in [0.25, 0.3) is 5.76 Å². The molecule has 5 rings (SSSR count). The Balaban J connectivity index is 1.66. The zero-order valence-corrected chi connectivity index (χ0v) is 20.6. The third-order valence-corrected chi connectivity index (χ3v) is 6.46. The van der Waals surface area contributed by atoms with Crippen LogP contribution in [0, 0.1) is 0 Å². The van der Waals surface area contributed by atoms with Crippen molar-refractivity contribution in [3.63, 3.8) is 0 Å². The first-order chi connectivity index (χ1) is 17.3. The molecule has 0 bridgehead atoms. The number of carbonyl (C=O) groups is 2. The van der Waals surface area contributed by atoms with Crippen LogP contribution in [0.1, 0.15) is 17.2 Å². The summed E-state index contributed by atoms with van der Waals surface area (Å²) in [5.74, 6) is -0.677. The maximum Gasteiger partial charge on any atom is 0.300 e. The monoisotopic (exact) mass is 485 g/mol. The molecule has 0 spiro atoms. The molecule has 1 saturated heterocycles. The van der Waals surface area contributed by atoms with Crippen LogP contribution in [0.2, 0.25) is 0 Å². The average molecular weight is 486 g/mol. The van der Waals surface area contributed by atoms with Gasteiger partial charge in [0.25, 0.3) is 11.7 Å². The van der Waals surface area contributed by atoms with E-state index in [1.54, 1.807) is 18.2 Å². The summed E-state index contributed by atoms with van der Waals surface area (Å²) in [7, 11) is 7.73. The Bertz CT molecular complexity index is 1360. The quantitative estimate of drug-likeness (QED) is 0.330. The lowest BCUT2D eigenvalue weighted by Crippen LogP contribution is -2.29. The summed E-state index contributed by atoms with van der Waals surface area (Å²) in [6.07, 6.45) is 0. The maximum absolute atomic E-state index is 13.4. The fourth-order valence-corrected chi connectivity index (χ4v) is 4.48. The Morgan fingerprint density at radius 2 is 1.42 bits per heavy atom. The van der Waals surface area contributed by atoms with Gasteiger partial charge in [-0.15, -0.1) is 0 Å². The van der Waals surface area contributed by atoms with Crippen LogP contribution in [0.5, 0.6) is 11.5 Å². The number of amides is 1. The molecular weight excluding hydrogens is 458 g/mol. The van der Waals surface area contributed by atoms with Crippen molar-refractivity contribution in [1.82, 2.24) is 0 Å². The van der Waals surface area contributed by atoms with Crippen molar-refractivity contribution >= 4 is 34.5 Å². The van der Waals surface area contributed by atoms with Crippen LogP contribution >= 0.6 is 0 Å². The van der Waals surface area contributed by atoms with Gasteiger partial charge in [0.1, 0.15) is 5.76 Å². The highest BCUT2D eigenvalue weighted by molar-refractivity contribution is 6.51. The normalized spacial score (nSPS) is 18.0. The van der Waals surface area contributed by atoms with Crippen LogP contribution in [0.15, 0.2) is 72.3 Å². The number of ether oxygens (including phenoxy) is 2. The molecule has 2 aliphatic rings. The number of rotatable bonds is 5. The number of nitrogens with zero attached hydrogens (tertiary/aromatic N) is 3. The number of hydrogen-bond acceptors (Lipinski definition) is 7. The number of ketones is 1. The average Bonchev–Trinajstić information content (AvgIpc) is 3.45. The molecule has 0 aliphatic carbocycles. The van der Waals surface area contributed by atoms with E-state index in [0.29, 0.717) is 28.3 Å². The van der Waals surface area contributed by atoms with Crippen molar-refractivity contribution in [1.29, 1.82) is 0 Å². The topological polar surface area (TPSA) is 82.5 Å². The van der Waals surface area contributed by atoms with E-state index in [1.165, 1.54) is 4.90 Å². The van der Waals surface area contributed by atoms with Gasteiger partial charge in [-0.3, -0.25) is 14.5 Å². The van der Waals surface area contributed by atoms with Gasteiger partial charge in [0.15, 0.2) is 11.5 Å². The van der Waals surface area contributed by atoms with Crippen LogP contribution in [-0.4, -0.2) is 51.8 Å². The summed E-state index contributed by atoms with van der Waals surface area (Å²) in [4.78, 5) is 32.1. The van der Waals surface area contributed by atoms with E-state index in [0.717, 1.165) is 11.4 Å². The Morgan fingerprint density at radius 3 is 2.03 bits per heavy atom. The van der Waals surface area contributed by atoms with Crippen LogP contribution in [0.3, 0.4) is 0 Å². The van der Waals surface area contributed by atoms with E-state index in [4.69, 9.17) is 9.47 Å². The van der Waals surface area contributed by atoms with Crippen molar-refractivity contribution in [2.75, 3.05) is 49.7 Å². The number of benzene rings is 3. The lowest BCUT2D eigenvalue weighted by atomic mass is 9.94. The van der Waals surface area contributed by atoms with E-state index in [-0.39, 0.29) is 18.1 Å². The fraction of sp³-hybridized carbons (Fsp3) is 0.214. The highest BCUT2D eigenvalue weighted by atomic mass is 16.7. The van der Waals surface area contributed by atoms with E-state index in [1.807, 2.05) is 86.5 Å². The molecule has 1 N–H and O–H groups in total. The molecule has 3 aromatic carbocycles. The zero-order chi connectivity index (χ0) is 25.6. The maximum atomic E-state index is 13.4. The minimum absolute atomic E-state index is 0.0214. The van der Waals surface area contributed by atoms with Gasteiger partial charge < -0.3 is 24.4 Å². The fourth-order valence-electron chi connectivity index (χ4n) is 4.48. The molecule has 184 valence electrons. The van der Waals surface area contributed by atoms with Crippen molar-refractivity contribution in [2.24, 2.45) is 0 Å². The molecule has 0 radical (unpaired) electrons. The molecule has 1 amide bonds. The zero-order valence-electron chi connectivity index (χ0n) is 20.6. The minimum Gasteiger partial charge on any atom is -0.507 e. The van der Waals surface area contributed by atoms with E-state index in [9.17, 15) is 14.7 Å². The summed E-state index contributed by atoms with van der Waals surface area (Å²) in [5, 5.41) is 11.4. The van der Waals surface area contributed by atoms with Crippen molar-refractivity contribution < 1.29 is 24.2 Å². The molecule has 1 atom stereocenters. The van der Waals surface area contributed by atoms with Crippen LogP contribution in [-0.2, 0) is 9.59 Å². The highest BCUT2D eigenvalue weighted by Crippen LogP contribution is 2.44. The largest absolute Gasteiger partial charge is 0.507 e. The third kappa shape index (κ3) is 3.90. The van der Waals surface area contributed by atoms with Crippen LogP contribution in [0.4, 0.5) is 17.1 Å². The molecule has 1 unspecified atom stereocenters. The molecule has 2 aliphatic heterocycles. The predicted molar refractivity (Wildman–Crippen MR) is 139 cm³/mol. The van der Waals surface area contributed by atoms with Gasteiger partial charge in [-0.05, 0) is 60.2 Å². The van der Waals surface area contributed by atoms with Gasteiger partial charge >= 0.3 is 0 Å². The third-order valence-electron chi connectivity index (χ3n) is 6.46. The van der Waals surface area contributed by atoms with Crippen molar-refractivity contribution in [2.45, 2.75) is 6.04 Å². The van der Waals surface area contributed by atoms with Gasteiger partial charge in [-0.2, -0.15) is 0 Å². The minimum atomic E-state index is -0.808. The van der Waals surface area contributed by atoms with Gasteiger partial charge in [-0.1, -0.05) is 12.1 Å². The second-order valence-corrected chi connectivity index (χ2v) is 9.13. The Kier molecular flexibility index (Phi) is 5.80. The smallest absolute Gasteiger partial charge is 0.300 e. The molecule has 0 saturated carbocycles. The number of carbonyl (C=O) groups excluding carboxylic acids is 2. The lowest BCUT2D eigenvalue weighted by Gasteiger charge is -2.26. The highest BCUT2D eigenvalue weighted by Gasteiger charge is 2.47. The number of aliphatic hydroxyl groups is 1. The first-order valence-electron chi connectivity index (χ1n) is 11.5. The number of fused-ring (bicyclic) bond motifs is 1. The lowest BCUT2D eigenvalue weighted by molar-refractivity contribution is -0.132. The molecule has 3 aromatic rings. The summed E-state index contributed by atoms with van der Waals surface area (Å²) in [6, 6.07) is 19.1. The molecule has 8 heteroatoms. The predicted octanol–water partition coefficient (Wildman–Crippen LogP) is 4.17. The summed E-state index contributed by atoms with van der Waals surface area (Å²) < 4.78 is 10.8. The SMILES string of the molecule is CN(C)c1ccc(C2/C(=C(/O)c3ccc4c(c3)OCO4)C(=O)C(=O)N2c2ccc(N(C)C)cc2)cc1. The summed E-state index contributed by atoms with van der Waals surface area (Å²) in [6.45, 7) is 0.0884. The van der Waals surface area contributed by atoms with Gasteiger partial charge in [-0.25, -0.2) is 0 Å². The first-order valence-corrected chi connectivity index (χ1v) is 11.5. The van der Waals surface area contributed by atoms with E-state index >= 15 is 0 Å². The van der Waals surface area contributed by atoms with Gasteiger partial charge in [0.05, 0.1) is 11.6 Å². The van der Waals surface area contributed by atoms with Gasteiger partial charge in [0, 0.05) is 50.8 Å². The number of Topliss-reactive ketones (excluding diaryl/α,β-unsaturated/α-hetero) is 1. The van der Waals surface area contributed by atoms with Crippen LogP contribution < -0.4 is 24.2 Å². The van der Waals surface area contributed by atoms with Gasteiger partial charge in [0.2, 0.25) is 6.79 Å². The summed E-state index contributed by atoms with van der Waals surface area (Å²) >= 11 is 0.